The van der Waals surface area contributed by atoms with Crippen molar-refractivity contribution in [2.75, 3.05) is 13.1 Å². The normalized spacial score (nSPS) is 33.1. The first-order chi connectivity index (χ1) is 13.2. The summed E-state index contributed by atoms with van der Waals surface area (Å²) in [7, 11) is 0. The molecule has 0 saturated heterocycles. The fourth-order valence-corrected chi connectivity index (χ4v) is 5.05. The number of allylic oxidation sites excluding steroid dienone is 9. The summed E-state index contributed by atoms with van der Waals surface area (Å²) < 4.78 is 0. The van der Waals surface area contributed by atoms with Gasteiger partial charge in [0, 0.05) is 18.8 Å². The van der Waals surface area contributed by atoms with Crippen LogP contribution in [0.5, 0.6) is 0 Å². The monoisotopic (exact) mass is 362 g/mol. The highest BCUT2D eigenvalue weighted by atomic mass is 14.9. The average molecular weight is 363 g/mol. The minimum absolute atomic E-state index is 0.591. The van der Waals surface area contributed by atoms with Crippen LogP contribution < -0.4 is 10.6 Å². The lowest BCUT2D eigenvalue weighted by Gasteiger charge is -2.41. The molecule has 2 N–H and O–H groups in total. The molecule has 0 radical (unpaired) electrons. The predicted molar refractivity (Wildman–Crippen MR) is 115 cm³/mol. The van der Waals surface area contributed by atoms with E-state index < -0.39 is 0 Å². The van der Waals surface area contributed by atoms with Gasteiger partial charge in [-0.25, -0.2) is 0 Å². The van der Waals surface area contributed by atoms with Gasteiger partial charge in [-0.1, -0.05) is 56.4 Å². The number of hydrogen-bond acceptors (Lipinski definition) is 2. The fraction of sp³-hybridized carbons (Fsp3) is 0.520. The molecule has 0 bridgehead atoms. The van der Waals surface area contributed by atoms with Crippen LogP contribution in [0.15, 0.2) is 71.7 Å². The molecule has 0 aromatic rings. The Morgan fingerprint density at radius 2 is 2.07 bits per heavy atom. The smallest absolute Gasteiger partial charge is 0.0401 e. The van der Waals surface area contributed by atoms with Gasteiger partial charge in [-0.2, -0.15) is 0 Å². The van der Waals surface area contributed by atoms with Crippen molar-refractivity contribution < 1.29 is 0 Å². The second-order valence-corrected chi connectivity index (χ2v) is 8.77. The van der Waals surface area contributed by atoms with E-state index >= 15 is 0 Å². The van der Waals surface area contributed by atoms with Crippen LogP contribution in [0.3, 0.4) is 0 Å². The highest BCUT2D eigenvalue weighted by molar-refractivity contribution is 5.45. The zero-order valence-electron chi connectivity index (χ0n) is 16.8. The molecule has 2 aliphatic heterocycles. The van der Waals surface area contributed by atoms with Gasteiger partial charge in [0.1, 0.15) is 0 Å². The molecule has 4 aliphatic rings. The van der Waals surface area contributed by atoms with Crippen LogP contribution in [0.25, 0.3) is 0 Å². The van der Waals surface area contributed by atoms with E-state index in [1.54, 1.807) is 0 Å². The van der Waals surface area contributed by atoms with Crippen LogP contribution in [0.1, 0.15) is 39.5 Å². The first kappa shape index (κ1) is 18.4. The Balaban J connectivity index is 1.52. The van der Waals surface area contributed by atoms with Crippen molar-refractivity contribution in [2.45, 2.75) is 39.5 Å². The Hall–Kier alpha value is -1.96. The third-order valence-electron chi connectivity index (χ3n) is 6.67. The molecule has 0 fully saturated rings. The minimum atomic E-state index is 0.591. The largest absolute Gasteiger partial charge is 0.388 e. The minimum Gasteiger partial charge on any atom is -0.388 e. The lowest BCUT2D eigenvalue weighted by atomic mass is 9.68. The summed E-state index contributed by atoms with van der Waals surface area (Å²) in [6, 6.07) is 0. The van der Waals surface area contributed by atoms with Gasteiger partial charge in [0.25, 0.3) is 0 Å². The van der Waals surface area contributed by atoms with Gasteiger partial charge < -0.3 is 10.6 Å². The topological polar surface area (TPSA) is 24.1 Å². The summed E-state index contributed by atoms with van der Waals surface area (Å²) in [5.41, 5.74) is 4.26. The number of nitrogens with one attached hydrogen (secondary N) is 2. The maximum atomic E-state index is 3.76. The Labute approximate surface area is 164 Å². The standard InChI is InChI=1S/C25H34N2/c1-18(2)25-15-23(20-7-4-3-5-8-20)24(17-27-25)21-12-10-19(11-13-21)22-9-6-14-26-16-22/h4,6-7,9-12,14-15,18,20-21,23-24,26-27H,3,5,8,13,16-17H2,1-2H3. The van der Waals surface area contributed by atoms with Gasteiger partial charge in [0.15, 0.2) is 0 Å². The maximum absolute atomic E-state index is 3.76. The van der Waals surface area contributed by atoms with Crippen molar-refractivity contribution in [2.24, 2.45) is 29.6 Å². The molecule has 2 aliphatic carbocycles. The second-order valence-electron chi connectivity index (χ2n) is 8.77. The Morgan fingerprint density at radius 1 is 1.15 bits per heavy atom. The van der Waals surface area contributed by atoms with Crippen molar-refractivity contribution in [3.05, 3.63) is 71.7 Å². The second kappa shape index (κ2) is 8.37. The Bertz CT molecular complexity index is 717. The van der Waals surface area contributed by atoms with Gasteiger partial charge in [-0.15, -0.1) is 0 Å². The lowest BCUT2D eigenvalue weighted by molar-refractivity contribution is 0.220. The zero-order chi connectivity index (χ0) is 18.6. The zero-order valence-corrected chi connectivity index (χ0v) is 16.8. The molecule has 2 nitrogen and oxygen atoms in total. The van der Waals surface area contributed by atoms with Crippen molar-refractivity contribution >= 4 is 0 Å². The maximum Gasteiger partial charge on any atom is 0.0401 e. The first-order valence-electron chi connectivity index (χ1n) is 10.8. The van der Waals surface area contributed by atoms with E-state index in [2.05, 4.69) is 73.1 Å². The van der Waals surface area contributed by atoms with Gasteiger partial charge in [0.05, 0.1) is 0 Å². The molecular weight excluding hydrogens is 328 g/mol. The van der Waals surface area contributed by atoms with Gasteiger partial charge in [0.2, 0.25) is 0 Å². The lowest BCUT2D eigenvalue weighted by Crippen LogP contribution is -2.41. The van der Waals surface area contributed by atoms with Crippen molar-refractivity contribution in [1.82, 2.24) is 10.6 Å². The van der Waals surface area contributed by atoms with E-state index in [-0.39, 0.29) is 0 Å². The molecule has 144 valence electrons. The molecule has 0 saturated carbocycles. The van der Waals surface area contributed by atoms with Crippen molar-refractivity contribution in [3.63, 3.8) is 0 Å². The molecule has 2 heterocycles. The summed E-state index contributed by atoms with van der Waals surface area (Å²) in [6.45, 7) is 6.67. The molecule has 0 aromatic carbocycles. The summed E-state index contributed by atoms with van der Waals surface area (Å²) in [4.78, 5) is 0. The van der Waals surface area contributed by atoms with E-state index in [4.69, 9.17) is 0 Å². The summed E-state index contributed by atoms with van der Waals surface area (Å²) in [6.07, 6.45) is 26.3. The number of dihydropyridines is 1. The molecule has 4 unspecified atom stereocenters. The third-order valence-corrected chi connectivity index (χ3v) is 6.67. The molecule has 0 aromatic heterocycles. The van der Waals surface area contributed by atoms with Crippen LogP contribution in [0.4, 0.5) is 0 Å². The van der Waals surface area contributed by atoms with E-state index in [0.717, 1.165) is 19.5 Å². The Morgan fingerprint density at radius 3 is 2.74 bits per heavy atom. The first-order valence-corrected chi connectivity index (χ1v) is 10.8. The molecule has 4 atom stereocenters. The summed E-state index contributed by atoms with van der Waals surface area (Å²) >= 11 is 0. The highest BCUT2D eigenvalue weighted by Gasteiger charge is 2.35. The molecule has 0 spiro atoms. The molecule has 2 heteroatoms. The van der Waals surface area contributed by atoms with E-state index in [0.29, 0.717) is 29.6 Å². The van der Waals surface area contributed by atoms with E-state index in [1.165, 1.54) is 36.1 Å². The summed E-state index contributed by atoms with van der Waals surface area (Å²) in [5, 5.41) is 7.08. The Kier molecular flexibility index (Phi) is 5.71. The third kappa shape index (κ3) is 4.15. The quantitative estimate of drug-likeness (QED) is 0.666. The van der Waals surface area contributed by atoms with Crippen molar-refractivity contribution in [1.29, 1.82) is 0 Å². The van der Waals surface area contributed by atoms with Crippen LogP contribution in [0.2, 0.25) is 0 Å². The number of rotatable bonds is 4. The van der Waals surface area contributed by atoms with E-state index in [9.17, 15) is 0 Å². The van der Waals surface area contributed by atoms with E-state index in [1.807, 2.05) is 6.20 Å². The summed E-state index contributed by atoms with van der Waals surface area (Å²) in [5.74, 6) is 3.30. The number of hydrogen-bond donors (Lipinski definition) is 2. The average Bonchev–Trinajstić information content (AvgIpc) is 2.75. The molecular formula is C25H34N2. The fourth-order valence-electron chi connectivity index (χ4n) is 5.05. The van der Waals surface area contributed by atoms with Gasteiger partial charge in [-0.3, -0.25) is 0 Å². The van der Waals surface area contributed by atoms with Gasteiger partial charge in [-0.05, 0) is 78.7 Å². The van der Waals surface area contributed by atoms with Crippen LogP contribution >= 0.6 is 0 Å². The molecule has 0 amide bonds. The van der Waals surface area contributed by atoms with Crippen molar-refractivity contribution in [3.8, 4) is 0 Å². The van der Waals surface area contributed by atoms with Crippen LogP contribution in [0, 0.1) is 29.6 Å². The van der Waals surface area contributed by atoms with Crippen LogP contribution in [-0.2, 0) is 0 Å². The highest BCUT2D eigenvalue weighted by Crippen LogP contribution is 2.40. The van der Waals surface area contributed by atoms with Crippen LogP contribution in [-0.4, -0.2) is 13.1 Å². The predicted octanol–water partition coefficient (Wildman–Crippen LogP) is 5.26. The van der Waals surface area contributed by atoms with Gasteiger partial charge >= 0.3 is 0 Å². The molecule has 27 heavy (non-hydrogen) atoms. The SMILES string of the molecule is CC(C)C1=CC(C2C=CCCC2)C(C2C=CC(C3=CC=CNC3)=CC2)CN1. The molecule has 4 rings (SSSR count).